The first-order chi connectivity index (χ1) is 12.0. The minimum atomic E-state index is -3.74. The van der Waals surface area contributed by atoms with Crippen LogP contribution in [0.25, 0.3) is 5.69 Å². The van der Waals surface area contributed by atoms with Gasteiger partial charge < -0.3 is 5.32 Å². The molecule has 1 saturated heterocycles. The van der Waals surface area contributed by atoms with Crippen molar-refractivity contribution >= 4 is 34.8 Å². The summed E-state index contributed by atoms with van der Waals surface area (Å²) in [6, 6.07) is 3.84. The number of benzene rings is 1. The van der Waals surface area contributed by atoms with E-state index in [4.69, 9.17) is 0 Å². The number of aryl methyl sites for hydroxylation is 1. The molecule has 0 spiro atoms. The number of hydrogen-bond acceptors (Lipinski definition) is 5. The number of hydrogen-bond donors (Lipinski definition) is 2. The number of nitrogens with zero attached hydrogens (tertiary/aromatic N) is 3. The first kappa shape index (κ1) is 23.8. The molecule has 1 aromatic carbocycles. The van der Waals surface area contributed by atoms with Gasteiger partial charge in [0, 0.05) is 45.5 Å². The number of rotatable bonds is 6. The SMILES string of the molecule is Cc1cnn(-c2ccc(S(=O)(=O)NCCN3CCNCC3)cc2F)c1.Cl.Cl. The van der Waals surface area contributed by atoms with E-state index in [9.17, 15) is 12.8 Å². The molecule has 0 aliphatic carbocycles. The molecule has 1 aromatic heterocycles. The van der Waals surface area contributed by atoms with E-state index in [2.05, 4.69) is 20.0 Å². The van der Waals surface area contributed by atoms with E-state index in [1.165, 1.54) is 16.8 Å². The minimum Gasteiger partial charge on any atom is -0.314 e. The Morgan fingerprint density at radius 3 is 2.56 bits per heavy atom. The van der Waals surface area contributed by atoms with Crippen LogP contribution in [0.1, 0.15) is 5.56 Å². The van der Waals surface area contributed by atoms with Gasteiger partial charge in [0.25, 0.3) is 0 Å². The first-order valence-electron chi connectivity index (χ1n) is 8.20. The molecule has 1 aliphatic rings. The Balaban J connectivity index is 0.00000182. The largest absolute Gasteiger partial charge is 0.314 e. The van der Waals surface area contributed by atoms with Crippen molar-refractivity contribution in [2.75, 3.05) is 39.3 Å². The van der Waals surface area contributed by atoms with Crippen LogP contribution in [-0.4, -0.2) is 62.4 Å². The van der Waals surface area contributed by atoms with Gasteiger partial charge >= 0.3 is 0 Å². The summed E-state index contributed by atoms with van der Waals surface area (Å²) in [7, 11) is -3.74. The Morgan fingerprint density at radius 2 is 1.96 bits per heavy atom. The van der Waals surface area contributed by atoms with Gasteiger partial charge in [-0.05, 0) is 30.7 Å². The highest BCUT2D eigenvalue weighted by atomic mass is 35.5. The average Bonchev–Trinajstić information content (AvgIpc) is 3.02. The predicted molar refractivity (Wildman–Crippen MR) is 107 cm³/mol. The maximum absolute atomic E-state index is 14.3. The number of aromatic nitrogens is 2. The van der Waals surface area contributed by atoms with E-state index in [0.29, 0.717) is 13.1 Å². The first-order valence-corrected chi connectivity index (χ1v) is 9.68. The molecule has 2 heterocycles. The lowest BCUT2D eigenvalue weighted by Gasteiger charge is -2.27. The van der Waals surface area contributed by atoms with Gasteiger partial charge in [-0.2, -0.15) is 5.10 Å². The van der Waals surface area contributed by atoms with Crippen LogP contribution in [0.15, 0.2) is 35.5 Å². The van der Waals surface area contributed by atoms with E-state index >= 15 is 0 Å². The van der Waals surface area contributed by atoms with Gasteiger partial charge in [-0.15, -0.1) is 24.8 Å². The lowest BCUT2D eigenvalue weighted by Crippen LogP contribution is -2.46. The minimum absolute atomic E-state index is 0. The maximum atomic E-state index is 14.3. The van der Waals surface area contributed by atoms with Crippen LogP contribution in [0.4, 0.5) is 4.39 Å². The smallest absolute Gasteiger partial charge is 0.240 e. The molecule has 2 aromatic rings. The molecule has 11 heteroatoms. The number of sulfonamides is 1. The van der Waals surface area contributed by atoms with Crippen molar-refractivity contribution in [3.63, 3.8) is 0 Å². The van der Waals surface area contributed by atoms with Crippen LogP contribution in [-0.2, 0) is 10.0 Å². The molecule has 1 aliphatic heterocycles. The van der Waals surface area contributed by atoms with E-state index in [1.807, 2.05) is 6.92 Å². The molecule has 1 fully saturated rings. The Bertz CT molecular complexity index is 841. The van der Waals surface area contributed by atoms with Crippen LogP contribution in [0, 0.1) is 12.7 Å². The molecule has 0 atom stereocenters. The normalized spacial score (nSPS) is 15.0. The summed E-state index contributed by atoms with van der Waals surface area (Å²) in [5.74, 6) is -0.631. The van der Waals surface area contributed by atoms with Crippen LogP contribution in [0.5, 0.6) is 0 Å². The Hall–Kier alpha value is -1.23. The predicted octanol–water partition coefficient (Wildman–Crippen LogP) is 1.35. The summed E-state index contributed by atoms with van der Waals surface area (Å²) in [4.78, 5) is 2.10. The van der Waals surface area contributed by atoms with Crippen LogP contribution >= 0.6 is 24.8 Å². The van der Waals surface area contributed by atoms with Crippen molar-refractivity contribution in [1.82, 2.24) is 24.7 Å². The molecule has 7 nitrogen and oxygen atoms in total. The Kier molecular flexibility index (Phi) is 9.13. The fourth-order valence-electron chi connectivity index (χ4n) is 2.74. The van der Waals surface area contributed by atoms with Crippen molar-refractivity contribution in [2.45, 2.75) is 11.8 Å². The fraction of sp³-hybridized carbons (Fsp3) is 0.438. The zero-order valence-corrected chi connectivity index (χ0v) is 17.3. The summed E-state index contributed by atoms with van der Waals surface area (Å²) < 4.78 is 42.9. The van der Waals surface area contributed by atoms with E-state index < -0.39 is 15.8 Å². The van der Waals surface area contributed by atoms with Crippen molar-refractivity contribution in [1.29, 1.82) is 0 Å². The molecule has 0 saturated carbocycles. The summed E-state index contributed by atoms with van der Waals surface area (Å²) in [6.07, 6.45) is 3.29. The van der Waals surface area contributed by atoms with Crippen LogP contribution < -0.4 is 10.0 Å². The third-order valence-electron chi connectivity index (χ3n) is 4.12. The molecule has 3 rings (SSSR count). The van der Waals surface area contributed by atoms with E-state index in [-0.39, 0.29) is 35.4 Å². The number of halogens is 3. The second kappa shape index (κ2) is 10.4. The molecule has 0 radical (unpaired) electrons. The van der Waals surface area contributed by atoms with Crippen molar-refractivity contribution in [3.8, 4) is 5.69 Å². The van der Waals surface area contributed by atoms with E-state index in [0.717, 1.165) is 37.8 Å². The second-order valence-electron chi connectivity index (χ2n) is 6.06. The number of nitrogens with one attached hydrogen (secondary N) is 2. The maximum Gasteiger partial charge on any atom is 0.240 e. The van der Waals surface area contributed by atoms with Gasteiger partial charge in [0.05, 0.1) is 11.1 Å². The highest BCUT2D eigenvalue weighted by Gasteiger charge is 2.18. The summed E-state index contributed by atoms with van der Waals surface area (Å²) in [5.41, 5.74) is 1.11. The van der Waals surface area contributed by atoms with Crippen molar-refractivity contribution < 1.29 is 12.8 Å². The topological polar surface area (TPSA) is 79.3 Å². The summed E-state index contributed by atoms with van der Waals surface area (Å²) >= 11 is 0. The molecule has 0 unspecified atom stereocenters. The zero-order valence-electron chi connectivity index (χ0n) is 14.9. The summed E-state index contributed by atoms with van der Waals surface area (Å²) in [6.45, 7) is 6.39. The van der Waals surface area contributed by atoms with Gasteiger partial charge in [0.15, 0.2) is 0 Å². The molecular formula is C16H24Cl2FN5O2S. The fourth-order valence-corrected chi connectivity index (χ4v) is 3.77. The molecule has 152 valence electrons. The lowest BCUT2D eigenvalue weighted by molar-refractivity contribution is 0.245. The monoisotopic (exact) mass is 439 g/mol. The number of piperazine rings is 1. The molecule has 0 amide bonds. The van der Waals surface area contributed by atoms with Gasteiger partial charge in [-0.3, -0.25) is 4.90 Å². The highest BCUT2D eigenvalue weighted by Crippen LogP contribution is 2.18. The van der Waals surface area contributed by atoms with Crippen LogP contribution in [0.3, 0.4) is 0 Å². The van der Waals surface area contributed by atoms with E-state index in [1.54, 1.807) is 12.4 Å². The third kappa shape index (κ3) is 6.13. The zero-order chi connectivity index (χ0) is 17.9. The Labute approximate surface area is 171 Å². The summed E-state index contributed by atoms with van der Waals surface area (Å²) in [5, 5.41) is 7.29. The van der Waals surface area contributed by atoms with Crippen molar-refractivity contribution in [2.24, 2.45) is 0 Å². The van der Waals surface area contributed by atoms with Gasteiger partial charge in [-0.25, -0.2) is 22.2 Å². The molecule has 27 heavy (non-hydrogen) atoms. The standard InChI is InChI=1S/C16H22FN5O2S.2ClH/c1-13-11-19-22(12-13)16-3-2-14(10-15(16)17)25(23,24)20-6-9-21-7-4-18-5-8-21;;/h2-3,10-12,18,20H,4-9H2,1H3;2*1H. The van der Waals surface area contributed by atoms with Crippen LogP contribution in [0.2, 0.25) is 0 Å². The third-order valence-corrected chi connectivity index (χ3v) is 5.58. The quantitative estimate of drug-likeness (QED) is 0.709. The molecule has 2 N–H and O–H groups in total. The van der Waals surface area contributed by atoms with Gasteiger partial charge in [-0.1, -0.05) is 0 Å². The molecule has 0 bridgehead atoms. The van der Waals surface area contributed by atoms with Crippen molar-refractivity contribution in [3.05, 3.63) is 42.0 Å². The molecular weight excluding hydrogens is 416 g/mol. The highest BCUT2D eigenvalue weighted by molar-refractivity contribution is 7.89. The Morgan fingerprint density at radius 1 is 1.26 bits per heavy atom. The lowest BCUT2D eigenvalue weighted by atomic mass is 10.3. The van der Waals surface area contributed by atoms with Gasteiger partial charge in [0.1, 0.15) is 11.5 Å². The van der Waals surface area contributed by atoms with Gasteiger partial charge in [0.2, 0.25) is 10.0 Å². The average molecular weight is 440 g/mol. The second-order valence-corrected chi connectivity index (χ2v) is 7.83.